The van der Waals surface area contributed by atoms with Crippen LogP contribution in [0.15, 0.2) is 0 Å². The highest BCUT2D eigenvalue weighted by atomic mass is 14.9. The van der Waals surface area contributed by atoms with E-state index >= 15 is 0 Å². The maximum atomic E-state index is 3.38. The first-order valence-electron chi connectivity index (χ1n) is 4.99. The van der Waals surface area contributed by atoms with Crippen LogP contribution < -0.4 is 5.32 Å². The molecule has 1 heterocycles. The summed E-state index contributed by atoms with van der Waals surface area (Å²) in [6.45, 7) is 11.1. The average molecular weight is 157 g/mol. The molecule has 1 nitrogen and oxygen atoms in total. The molecule has 68 valence electrons. The fraction of sp³-hybridized carbons (Fsp3) is 1.00. The van der Waals surface area contributed by atoms with Gasteiger partial charge in [-0.15, -0.1) is 0 Å². The van der Waals surface area contributed by atoms with E-state index in [1.54, 1.807) is 0 Å². The van der Waals surface area contributed by atoms with Crippen molar-refractivity contribution < 1.29 is 0 Å². The van der Waals surface area contributed by atoms with Crippen molar-refractivity contribution in [1.82, 2.24) is 5.32 Å². The van der Waals surface area contributed by atoms with Gasteiger partial charge in [0, 0.05) is 0 Å². The zero-order chi connectivity index (χ0) is 8.69. The van der Waals surface area contributed by atoms with Crippen LogP contribution in [0.1, 0.15) is 40.5 Å². The summed E-state index contributed by atoms with van der Waals surface area (Å²) in [5.41, 5.74) is 0. The SMILES string of the molecule is CC.CC(C)CC1CCNC1. The maximum absolute atomic E-state index is 3.38. The van der Waals surface area contributed by atoms with E-state index in [1.165, 1.54) is 25.9 Å². The molecule has 0 aliphatic carbocycles. The predicted molar refractivity (Wildman–Crippen MR) is 51.8 cm³/mol. The van der Waals surface area contributed by atoms with Crippen LogP contribution in [0.4, 0.5) is 0 Å². The van der Waals surface area contributed by atoms with Crippen molar-refractivity contribution in [2.24, 2.45) is 11.8 Å². The second-order valence-corrected chi connectivity index (χ2v) is 3.49. The molecule has 1 saturated heterocycles. The molecule has 0 saturated carbocycles. The van der Waals surface area contributed by atoms with Gasteiger partial charge in [0.25, 0.3) is 0 Å². The summed E-state index contributed by atoms with van der Waals surface area (Å²) in [7, 11) is 0. The monoisotopic (exact) mass is 157 g/mol. The molecule has 0 radical (unpaired) electrons. The van der Waals surface area contributed by atoms with Gasteiger partial charge in [-0.1, -0.05) is 27.7 Å². The van der Waals surface area contributed by atoms with Crippen molar-refractivity contribution in [3.05, 3.63) is 0 Å². The number of hydrogen-bond acceptors (Lipinski definition) is 1. The molecule has 1 rings (SSSR count). The Balaban J connectivity index is 0.000000461. The first-order chi connectivity index (χ1) is 5.29. The molecule has 0 aromatic carbocycles. The van der Waals surface area contributed by atoms with Gasteiger partial charge in [0.2, 0.25) is 0 Å². The molecule has 0 aromatic rings. The van der Waals surface area contributed by atoms with Crippen molar-refractivity contribution >= 4 is 0 Å². The van der Waals surface area contributed by atoms with Crippen molar-refractivity contribution in [3.8, 4) is 0 Å². The minimum Gasteiger partial charge on any atom is -0.316 e. The quantitative estimate of drug-likeness (QED) is 0.650. The molecule has 1 atom stereocenters. The van der Waals surface area contributed by atoms with Crippen LogP contribution in [0.3, 0.4) is 0 Å². The lowest BCUT2D eigenvalue weighted by Crippen LogP contribution is -2.10. The molecule has 1 aliphatic heterocycles. The van der Waals surface area contributed by atoms with Crippen molar-refractivity contribution in [2.75, 3.05) is 13.1 Å². The second kappa shape index (κ2) is 6.66. The van der Waals surface area contributed by atoms with Gasteiger partial charge in [-0.3, -0.25) is 0 Å². The Morgan fingerprint density at radius 2 is 2.00 bits per heavy atom. The third-order valence-electron chi connectivity index (χ3n) is 1.97. The molecular weight excluding hydrogens is 134 g/mol. The van der Waals surface area contributed by atoms with E-state index in [0.717, 1.165) is 11.8 Å². The van der Waals surface area contributed by atoms with E-state index in [9.17, 15) is 0 Å². The van der Waals surface area contributed by atoms with Gasteiger partial charge in [0.05, 0.1) is 0 Å². The summed E-state index contributed by atoms with van der Waals surface area (Å²) >= 11 is 0. The molecule has 11 heavy (non-hydrogen) atoms. The lowest BCUT2D eigenvalue weighted by atomic mass is 9.97. The molecule has 0 spiro atoms. The van der Waals surface area contributed by atoms with Crippen molar-refractivity contribution in [2.45, 2.75) is 40.5 Å². The van der Waals surface area contributed by atoms with Gasteiger partial charge >= 0.3 is 0 Å². The first kappa shape index (κ1) is 11.0. The molecule has 0 amide bonds. The van der Waals surface area contributed by atoms with Gasteiger partial charge in [-0.25, -0.2) is 0 Å². The molecule has 0 bridgehead atoms. The van der Waals surface area contributed by atoms with Crippen LogP contribution in [-0.4, -0.2) is 13.1 Å². The highest BCUT2D eigenvalue weighted by Crippen LogP contribution is 2.17. The Hall–Kier alpha value is -0.0400. The molecule has 1 N–H and O–H groups in total. The lowest BCUT2D eigenvalue weighted by molar-refractivity contribution is 0.438. The smallest absolute Gasteiger partial charge is 0.00199 e. The topological polar surface area (TPSA) is 12.0 Å². The highest BCUT2D eigenvalue weighted by Gasteiger charge is 2.14. The average Bonchev–Trinajstić information content (AvgIpc) is 2.43. The number of nitrogens with one attached hydrogen (secondary N) is 1. The van der Waals surface area contributed by atoms with Gasteiger partial charge < -0.3 is 5.32 Å². The van der Waals surface area contributed by atoms with Crippen LogP contribution in [0.25, 0.3) is 0 Å². The lowest BCUT2D eigenvalue weighted by Gasteiger charge is -2.09. The fourth-order valence-electron chi connectivity index (χ4n) is 1.58. The maximum Gasteiger partial charge on any atom is -0.00199 e. The molecule has 0 aromatic heterocycles. The Bertz CT molecular complexity index is 72.9. The highest BCUT2D eigenvalue weighted by molar-refractivity contribution is 4.71. The zero-order valence-corrected chi connectivity index (χ0v) is 8.48. The third-order valence-corrected chi connectivity index (χ3v) is 1.97. The van der Waals surface area contributed by atoms with E-state index in [0.29, 0.717) is 0 Å². The summed E-state index contributed by atoms with van der Waals surface area (Å²) in [5.74, 6) is 1.86. The third kappa shape index (κ3) is 5.25. The molecule has 1 unspecified atom stereocenters. The number of hydrogen-bond donors (Lipinski definition) is 1. The van der Waals surface area contributed by atoms with E-state index in [4.69, 9.17) is 0 Å². The normalized spacial score (nSPS) is 23.2. The molecular formula is C10H23N. The van der Waals surface area contributed by atoms with Gasteiger partial charge in [-0.2, -0.15) is 0 Å². The van der Waals surface area contributed by atoms with Gasteiger partial charge in [-0.05, 0) is 37.8 Å². The van der Waals surface area contributed by atoms with Gasteiger partial charge in [0.15, 0.2) is 0 Å². The first-order valence-corrected chi connectivity index (χ1v) is 4.99. The standard InChI is InChI=1S/C8H17N.C2H6/c1-7(2)5-8-3-4-9-6-8;1-2/h7-9H,3-6H2,1-2H3;1-2H3. The van der Waals surface area contributed by atoms with Crippen LogP contribution in [0.5, 0.6) is 0 Å². The number of rotatable bonds is 2. The van der Waals surface area contributed by atoms with E-state index in [1.807, 2.05) is 13.8 Å². The van der Waals surface area contributed by atoms with Crippen LogP contribution >= 0.6 is 0 Å². The van der Waals surface area contributed by atoms with Crippen molar-refractivity contribution in [1.29, 1.82) is 0 Å². The van der Waals surface area contributed by atoms with Crippen LogP contribution in [0.2, 0.25) is 0 Å². The van der Waals surface area contributed by atoms with E-state index < -0.39 is 0 Å². The fourth-order valence-corrected chi connectivity index (χ4v) is 1.58. The minimum atomic E-state index is 0.884. The van der Waals surface area contributed by atoms with Crippen LogP contribution in [0, 0.1) is 11.8 Å². The zero-order valence-electron chi connectivity index (χ0n) is 8.48. The summed E-state index contributed by atoms with van der Waals surface area (Å²) in [4.78, 5) is 0. The predicted octanol–water partition coefficient (Wildman–Crippen LogP) is 2.67. The van der Waals surface area contributed by atoms with E-state index in [2.05, 4.69) is 19.2 Å². The summed E-state index contributed by atoms with van der Waals surface area (Å²) in [6.07, 6.45) is 2.81. The molecule has 1 fully saturated rings. The Kier molecular flexibility index (Phi) is 6.63. The Labute approximate surface area is 71.6 Å². The van der Waals surface area contributed by atoms with E-state index in [-0.39, 0.29) is 0 Å². The molecule has 1 aliphatic rings. The summed E-state index contributed by atoms with van der Waals surface area (Å²) < 4.78 is 0. The Morgan fingerprint density at radius 3 is 2.36 bits per heavy atom. The largest absolute Gasteiger partial charge is 0.316 e. The minimum absolute atomic E-state index is 0.884. The van der Waals surface area contributed by atoms with Crippen molar-refractivity contribution in [3.63, 3.8) is 0 Å². The van der Waals surface area contributed by atoms with Crippen LogP contribution in [-0.2, 0) is 0 Å². The Morgan fingerprint density at radius 1 is 1.36 bits per heavy atom. The molecule has 1 heteroatoms. The van der Waals surface area contributed by atoms with Gasteiger partial charge in [0.1, 0.15) is 0 Å². The summed E-state index contributed by atoms with van der Waals surface area (Å²) in [6, 6.07) is 0. The second-order valence-electron chi connectivity index (χ2n) is 3.49. The summed E-state index contributed by atoms with van der Waals surface area (Å²) in [5, 5.41) is 3.38.